The van der Waals surface area contributed by atoms with E-state index in [1.54, 1.807) is 6.20 Å². The summed E-state index contributed by atoms with van der Waals surface area (Å²) in [5.41, 5.74) is 11.8. The third-order valence-corrected chi connectivity index (χ3v) is 9.04. The summed E-state index contributed by atoms with van der Waals surface area (Å²) in [6.45, 7) is 10.7. The molecule has 0 saturated heterocycles. The summed E-state index contributed by atoms with van der Waals surface area (Å²) in [5.74, 6) is 2.64. The number of aromatic nitrogens is 6. The summed E-state index contributed by atoms with van der Waals surface area (Å²) >= 11 is 0. The minimum Gasteiger partial charge on any atom is -0.453 e. The molecule has 0 aliphatic carbocycles. The number of nitrogens with zero attached hydrogens (tertiary/aromatic N) is 6. The van der Waals surface area contributed by atoms with Crippen LogP contribution in [0.15, 0.2) is 85.3 Å². The van der Waals surface area contributed by atoms with E-state index in [4.69, 9.17) is 14.7 Å². The predicted octanol–water partition coefficient (Wildman–Crippen LogP) is 8.19. The SMILES string of the molecule is Cc1c(Oc2cnc3c4c(C(C)C)cccc4n4c5ccccc5[n+](C)c4c3c2C)cncc1-n1c(C)nc2ccccc21. The van der Waals surface area contributed by atoms with Crippen molar-refractivity contribution in [2.75, 3.05) is 0 Å². The topological polar surface area (TPSA) is 61.1 Å². The van der Waals surface area contributed by atoms with Gasteiger partial charge in [0, 0.05) is 11.1 Å². The lowest BCUT2D eigenvalue weighted by molar-refractivity contribution is -0.617. The van der Waals surface area contributed by atoms with Crippen LogP contribution in [0.5, 0.6) is 11.5 Å². The van der Waals surface area contributed by atoms with Crippen LogP contribution < -0.4 is 9.30 Å². The summed E-state index contributed by atoms with van der Waals surface area (Å²) < 4.78 is 13.5. The van der Waals surface area contributed by atoms with E-state index in [-0.39, 0.29) is 0 Å². The van der Waals surface area contributed by atoms with Crippen molar-refractivity contribution in [2.45, 2.75) is 40.5 Å². The van der Waals surface area contributed by atoms with Gasteiger partial charge in [-0.3, -0.25) is 14.5 Å². The second kappa shape index (κ2) is 9.61. The Morgan fingerprint density at radius 1 is 0.750 bits per heavy atom. The minimum absolute atomic E-state index is 0.340. The molecule has 0 amide bonds. The van der Waals surface area contributed by atoms with Crippen molar-refractivity contribution in [2.24, 2.45) is 7.05 Å². The van der Waals surface area contributed by atoms with E-state index in [1.807, 2.05) is 37.5 Å². The largest absolute Gasteiger partial charge is 0.453 e. The molecule has 0 aliphatic heterocycles. The van der Waals surface area contributed by atoms with Crippen molar-refractivity contribution in [1.82, 2.24) is 23.9 Å². The van der Waals surface area contributed by atoms with E-state index < -0.39 is 0 Å². The molecular weight excluding hydrogens is 544 g/mol. The highest BCUT2D eigenvalue weighted by Gasteiger charge is 2.28. The molecule has 8 aromatic rings. The van der Waals surface area contributed by atoms with Crippen molar-refractivity contribution in [1.29, 1.82) is 0 Å². The fourth-order valence-corrected chi connectivity index (χ4v) is 6.87. The van der Waals surface area contributed by atoms with E-state index >= 15 is 0 Å². The van der Waals surface area contributed by atoms with E-state index in [0.29, 0.717) is 17.4 Å². The summed E-state index contributed by atoms with van der Waals surface area (Å²) in [6, 6.07) is 23.3. The Labute approximate surface area is 255 Å². The van der Waals surface area contributed by atoms with E-state index in [2.05, 4.69) is 102 Å². The number of benzene rings is 3. The number of imidazole rings is 2. The first-order chi connectivity index (χ1) is 21.3. The van der Waals surface area contributed by atoms with Crippen LogP contribution >= 0.6 is 0 Å². The molecule has 0 atom stereocenters. The van der Waals surface area contributed by atoms with Crippen LogP contribution in [0.3, 0.4) is 0 Å². The molecule has 216 valence electrons. The van der Waals surface area contributed by atoms with Crippen LogP contribution in [-0.4, -0.2) is 23.9 Å². The monoisotopic (exact) mass is 577 g/mol. The second-order valence-electron chi connectivity index (χ2n) is 11.9. The van der Waals surface area contributed by atoms with Crippen LogP contribution in [-0.2, 0) is 7.05 Å². The van der Waals surface area contributed by atoms with Gasteiger partial charge in [0.05, 0.1) is 58.6 Å². The first kappa shape index (κ1) is 26.3. The fourth-order valence-electron chi connectivity index (χ4n) is 6.87. The lowest BCUT2D eigenvalue weighted by atomic mass is 9.95. The molecule has 5 aromatic heterocycles. The third kappa shape index (κ3) is 3.62. The molecule has 0 saturated carbocycles. The molecule has 0 unspecified atom stereocenters. The molecule has 7 heteroatoms. The Morgan fingerprint density at radius 3 is 2.30 bits per heavy atom. The second-order valence-corrected chi connectivity index (χ2v) is 11.9. The van der Waals surface area contributed by atoms with Crippen LogP contribution in [0.4, 0.5) is 0 Å². The van der Waals surface area contributed by atoms with Gasteiger partial charge in [0.25, 0.3) is 5.65 Å². The molecule has 0 aliphatic rings. The van der Waals surface area contributed by atoms with Crippen LogP contribution in [0.25, 0.3) is 55.2 Å². The fraction of sp³-hybridized carbons (Fsp3) is 0.189. The average molecular weight is 578 g/mol. The number of ether oxygens (including phenoxy) is 1. The summed E-state index contributed by atoms with van der Waals surface area (Å²) in [6.07, 6.45) is 5.54. The molecule has 3 aromatic carbocycles. The van der Waals surface area contributed by atoms with E-state index in [0.717, 1.165) is 61.3 Å². The zero-order valence-corrected chi connectivity index (χ0v) is 25.8. The minimum atomic E-state index is 0.340. The number of fused-ring (bicyclic) bond motifs is 9. The first-order valence-corrected chi connectivity index (χ1v) is 15.0. The highest BCUT2D eigenvalue weighted by molar-refractivity contribution is 6.13. The van der Waals surface area contributed by atoms with Crippen molar-refractivity contribution in [3.05, 3.63) is 108 Å². The van der Waals surface area contributed by atoms with Gasteiger partial charge in [0.2, 0.25) is 0 Å². The Hall–Kier alpha value is -5.30. The zero-order chi connectivity index (χ0) is 30.3. The van der Waals surface area contributed by atoms with Gasteiger partial charge >= 0.3 is 0 Å². The normalized spacial score (nSPS) is 12.1. The van der Waals surface area contributed by atoms with Gasteiger partial charge in [-0.15, -0.1) is 0 Å². The molecule has 0 bridgehead atoms. The molecule has 5 heterocycles. The summed E-state index contributed by atoms with van der Waals surface area (Å²) in [4.78, 5) is 14.5. The standard InChI is InChI=1S/C37H33N6O/c1-21(2)25-12-11-17-30-35(25)36-34(37-41(6)28-15-9-10-16-29(28)43(30)37)23(4)33(20-39-36)44-32-19-38-18-31(22(32)3)42-24(5)40-26-13-7-8-14-27(26)42/h7-21H,1-6H3/q+1. The van der Waals surface area contributed by atoms with E-state index in [1.165, 1.54) is 16.5 Å². The molecule has 0 fully saturated rings. The number of hydrogen-bond donors (Lipinski definition) is 0. The van der Waals surface area contributed by atoms with Gasteiger partial charge in [-0.1, -0.05) is 50.2 Å². The first-order valence-electron chi connectivity index (χ1n) is 15.0. The zero-order valence-electron chi connectivity index (χ0n) is 25.8. The average Bonchev–Trinajstić information content (AvgIpc) is 3.52. The van der Waals surface area contributed by atoms with Gasteiger partial charge < -0.3 is 4.74 Å². The molecule has 0 radical (unpaired) electrons. The highest BCUT2D eigenvalue weighted by atomic mass is 16.5. The van der Waals surface area contributed by atoms with Crippen LogP contribution in [0, 0.1) is 20.8 Å². The smallest absolute Gasteiger partial charge is 0.297 e. The van der Waals surface area contributed by atoms with Crippen LogP contribution in [0.1, 0.15) is 42.3 Å². The maximum Gasteiger partial charge on any atom is 0.297 e. The van der Waals surface area contributed by atoms with Gasteiger partial charge in [-0.05, 0) is 62.6 Å². The molecule has 0 N–H and O–H groups in total. The van der Waals surface area contributed by atoms with Gasteiger partial charge in [0.1, 0.15) is 17.1 Å². The van der Waals surface area contributed by atoms with Crippen molar-refractivity contribution >= 4 is 49.5 Å². The summed E-state index contributed by atoms with van der Waals surface area (Å²) in [5, 5.41) is 2.27. The van der Waals surface area contributed by atoms with Crippen molar-refractivity contribution in [3.8, 4) is 17.2 Å². The lowest BCUT2D eigenvalue weighted by Gasteiger charge is -2.17. The maximum absolute atomic E-state index is 6.71. The van der Waals surface area contributed by atoms with Crippen molar-refractivity contribution < 1.29 is 9.30 Å². The number of pyridine rings is 3. The molecule has 0 spiro atoms. The van der Waals surface area contributed by atoms with E-state index in [9.17, 15) is 0 Å². The summed E-state index contributed by atoms with van der Waals surface area (Å²) in [7, 11) is 2.14. The number of para-hydroxylation sites is 4. The van der Waals surface area contributed by atoms with Crippen LogP contribution in [0.2, 0.25) is 0 Å². The Balaban J connectivity index is 1.39. The highest BCUT2D eigenvalue weighted by Crippen LogP contribution is 2.40. The molecule has 7 nitrogen and oxygen atoms in total. The Kier molecular flexibility index (Phi) is 5.75. The predicted molar refractivity (Wildman–Crippen MR) is 176 cm³/mol. The maximum atomic E-state index is 6.71. The molecule has 44 heavy (non-hydrogen) atoms. The quantitative estimate of drug-likeness (QED) is 0.156. The number of rotatable bonds is 4. The molecular formula is C37H33N6O+. The third-order valence-electron chi connectivity index (χ3n) is 9.04. The Bertz CT molecular complexity index is 2450. The van der Waals surface area contributed by atoms with Gasteiger partial charge in [0.15, 0.2) is 16.8 Å². The number of hydrogen-bond acceptors (Lipinski definition) is 4. The van der Waals surface area contributed by atoms with Gasteiger partial charge in [-0.2, -0.15) is 4.40 Å². The molecule has 8 rings (SSSR count). The Morgan fingerprint density at radius 2 is 1.48 bits per heavy atom. The van der Waals surface area contributed by atoms with Crippen molar-refractivity contribution in [3.63, 3.8) is 0 Å². The van der Waals surface area contributed by atoms with Gasteiger partial charge in [-0.25, -0.2) is 9.55 Å². The lowest BCUT2D eigenvalue weighted by Crippen LogP contribution is -2.27. The number of aryl methyl sites for hydroxylation is 3.